The molecule has 0 bridgehead atoms. The molecule has 0 aliphatic heterocycles. The number of hydrogen-bond acceptors (Lipinski definition) is 3. The van der Waals surface area contributed by atoms with Crippen molar-refractivity contribution >= 4 is 5.97 Å². The molecule has 1 aromatic heterocycles. The van der Waals surface area contributed by atoms with Crippen LogP contribution in [0.1, 0.15) is 33.2 Å². The summed E-state index contributed by atoms with van der Waals surface area (Å²) in [6.07, 6.45) is 2.79. The van der Waals surface area contributed by atoms with Crippen LogP contribution >= 0.6 is 0 Å². The number of aromatic nitrogens is 2. The first-order valence-corrected chi connectivity index (χ1v) is 6.04. The van der Waals surface area contributed by atoms with E-state index in [1.54, 1.807) is 0 Å². The molecule has 0 fully saturated rings. The summed E-state index contributed by atoms with van der Waals surface area (Å²) in [6.45, 7) is 0. The third-order valence-electron chi connectivity index (χ3n) is 3.49. The van der Waals surface area contributed by atoms with E-state index in [0.717, 1.165) is 19.0 Å². The summed E-state index contributed by atoms with van der Waals surface area (Å²) in [6, 6.07) is 8.12. The minimum atomic E-state index is -1.25. The van der Waals surface area contributed by atoms with Gasteiger partial charge in [0.25, 0.3) is 5.56 Å². The number of aromatic amines is 1. The Kier molecular flexibility index (Phi) is 2.67. The van der Waals surface area contributed by atoms with Crippen LogP contribution < -0.4 is 5.56 Å². The molecule has 0 spiro atoms. The molecule has 1 heterocycles. The Labute approximate surface area is 108 Å². The third-order valence-corrected chi connectivity index (χ3v) is 3.49. The highest BCUT2D eigenvalue weighted by Gasteiger charge is 2.24. The smallest absolute Gasteiger partial charge is 0.342 e. The maximum atomic E-state index is 11.6. The molecule has 19 heavy (non-hydrogen) atoms. The number of rotatable bonds is 2. The van der Waals surface area contributed by atoms with Gasteiger partial charge in [0.15, 0.2) is 0 Å². The Morgan fingerprint density at radius 1 is 1.26 bits per heavy atom. The summed E-state index contributed by atoms with van der Waals surface area (Å²) in [5, 5.41) is 8.80. The van der Waals surface area contributed by atoms with Crippen LogP contribution in [0.4, 0.5) is 0 Å². The number of carbonyl (C=O) groups is 1. The van der Waals surface area contributed by atoms with Crippen LogP contribution in [0, 0.1) is 0 Å². The summed E-state index contributed by atoms with van der Waals surface area (Å²) in [5.74, 6) is -0.575. The fourth-order valence-corrected chi connectivity index (χ4v) is 2.52. The number of carboxylic acids is 1. The SMILES string of the molecule is O=C(O)c1cnc(C2Cc3ccccc3C2)[nH]c1=O. The van der Waals surface area contributed by atoms with Crippen LogP contribution in [0.2, 0.25) is 0 Å². The van der Waals surface area contributed by atoms with E-state index in [2.05, 4.69) is 22.1 Å². The predicted octanol–water partition coefficient (Wildman–Crippen LogP) is 1.35. The van der Waals surface area contributed by atoms with E-state index in [1.165, 1.54) is 11.1 Å². The van der Waals surface area contributed by atoms with Crippen molar-refractivity contribution in [2.45, 2.75) is 18.8 Å². The number of nitrogens with one attached hydrogen (secondary N) is 1. The number of nitrogens with zero attached hydrogens (tertiary/aromatic N) is 1. The normalized spacial score (nSPS) is 14.3. The molecule has 0 amide bonds. The number of carboxylic acid groups (broad SMARTS) is 1. The molecule has 1 aromatic carbocycles. The summed E-state index contributed by atoms with van der Waals surface area (Å²) in [4.78, 5) is 29.1. The maximum Gasteiger partial charge on any atom is 0.342 e. The lowest BCUT2D eigenvalue weighted by atomic mass is 10.1. The van der Waals surface area contributed by atoms with Gasteiger partial charge in [-0.05, 0) is 24.0 Å². The molecule has 0 saturated heterocycles. The number of fused-ring (bicyclic) bond motifs is 1. The molecule has 96 valence electrons. The summed E-state index contributed by atoms with van der Waals surface area (Å²) >= 11 is 0. The van der Waals surface area contributed by atoms with E-state index in [4.69, 9.17) is 5.11 Å². The Morgan fingerprint density at radius 3 is 2.42 bits per heavy atom. The quantitative estimate of drug-likeness (QED) is 0.849. The van der Waals surface area contributed by atoms with Gasteiger partial charge in [0, 0.05) is 12.1 Å². The first-order chi connectivity index (χ1) is 9.15. The van der Waals surface area contributed by atoms with Gasteiger partial charge in [-0.2, -0.15) is 0 Å². The monoisotopic (exact) mass is 256 g/mol. The van der Waals surface area contributed by atoms with Crippen LogP contribution in [0.5, 0.6) is 0 Å². The number of H-pyrrole nitrogens is 1. The van der Waals surface area contributed by atoms with Crippen molar-refractivity contribution < 1.29 is 9.90 Å². The van der Waals surface area contributed by atoms with Crippen LogP contribution in [-0.4, -0.2) is 21.0 Å². The van der Waals surface area contributed by atoms with E-state index < -0.39 is 11.5 Å². The lowest BCUT2D eigenvalue weighted by Gasteiger charge is -2.07. The van der Waals surface area contributed by atoms with Gasteiger partial charge in [-0.25, -0.2) is 9.78 Å². The summed E-state index contributed by atoms with van der Waals surface area (Å²) in [5.41, 5.74) is 1.61. The van der Waals surface area contributed by atoms with Crippen LogP contribution in [0.25, 0.3) is 0 Å². The zero-order chi connectivity index (χ0) is 13.4. The van der Waals surface area contributed by atoms with Crippen molar-refractivity contribution in [3.8, 4) is 0 Å². The molecule has 5 heteroatoms. The molecular weight excluding hydrogens is 244 g/mol. The maximum absolute atomic E-state index is 11.6. The molecular formula is C14H12N2O3. The van der Waals surface area contributed by atoms with E-state index in [1.807, 2.05) is 12.1 Å². The van der Waals surface area contributed by atoms with E-state index in [9.17, 15) is 9.59 Å². The topological polar surface area (TPSA) is 83.0 Å². The molecule has 3 rings (SSSR count). The van der Waals surface area contributed by atoms with Crippen molar-refractivity contribution in [3.63, 3.8) is 0 Å². The zero-order valence-corrected chi connectivity index (χ0v) is 10.1. The van der Waals surface area contributed by atoms with Gasteiger partial charge in [-0.1, -0.05) is 24.3 Å². The molecule has 0 unspecified atom stereocenters. The second-order valence-corrected chi connectivity index (χ2v) is 4.69. The van der Waals surface area contributed by atoms with Gasteiger partial charge < -0.3 is 10.1 Å². The van der Waals surface area contributed by atoms with Crippen molar-refractivity contribution in [2.24, 2.45) is 0 Å². The average Bonchev–Trinajstić information content (AvgIpc) is 2.81. The molecule has 0 saturated carbocycles. The summed E-state index contributed by atoms with van der Waals surface area (Å²) < 4.78 is 0. The van der Waals surface area contributed by atoms with E-state index in [0.29, 0.717) is 5.82 Å². The van der Waals surface area contributed by atoms with Crippen molar-refractivity contribution in [1.29, 1.82) is 0 Å². The second kappa shape index (κ2) is 4.35. The fourth-order valence-electron chi connectivity index (χ4n) is 2.52. The van der Waals surface area contributed by atoms with Crippen molar-refractivity contribution in [2.75, 3.05) is 0 Å². The van der Waals surface area contributed by atoms with Crippen molar-refractivity contribution in [1.82, 2.24) is 9.97 Å². The summed E-state index contributed by atoms with van der Waals surface area (Å²) in [7, 11) is 0. The van der Waals surface area contributed by atoms with Gasteiger partial charge in [-0.15, -0.1) is 0 Å². The van der Waals surface area contributed by atoms with Gasteiger partial charge in [0.1, 0.15) is 11.4 Å². The second-order valence-electron chi connectivity index (χ2n) is 4.69. The average molecular weight is 256 g/mol. The zero-order valence-electron chi connectivity index (χ0n) is 10.1. The highest BCUT2D eigenvalue weighted by molar-refractivity contribution is 5.86. The highest BCUT2D eigenvalue weighted by Crippen LogP contribution is 2.31. The minimum absolute atomic E-state index is 0.118. The number of hydrogen-bond donors (Lipinski definition) is 2. The minimum Gasteiger partial charge on any atom is -0.477 e. The fraction of sp³-hybridized carbons (Fsp3) is 0.214. The molecule has 2 aromatic rings. The number of benzene rings is 1. The van der Waals surface area contributed by atoms with Gasteiger partial charge in [0.05, 0.1) is 0 Å². The van der Waals surface area contributed by atoms with Gasteiger partial charge >= 0.3 is 5.97 Å². The number of aromatic carboxylic acids is 1. The van der Waals surface area contributed by atoms with Gasteiger partial charge in [-0.3, -0.25) is 4.79 Å². The molecule has 1 aliphatic rings. The molecule has 0 atom stereocenters. The van der Waals surface area contributed by atoms with E-state index in [-0.39, 0.29) is 11.5 Å². The van der Waals surface area contributed by atoms with Crippen molar-refractivity contribution in [3.05, 3.63) is 63.3 Å². The van der Waals surface area contributed by atoms with Gasteiger partial charge in [0.2, 0.25) is 0 Å². The standard InChI is InChI=1S/C14H12N2O3/c17-13-11(14(18)19)7-15-12(16-13)10-5-8-3-1-2-4-9(8)6-10/h1-4,7,10H,5-6H2,(H,18,19)(H,15,16,17). The first kappa shape index (κ1) is 11.6. The highest BCUT2D eigenvalue weighted by atomic mass is 16.4. The molecule has 1 aliphatic carbocycles. The Morgan fingerprint density at radius 2 is 1.89 bits per heavy atom. The van der Waals surface area contributed by atoms with Crippen LogP contribution in [-0.2, 0) is 12.8 Å². The molecule has 2 N–H and O–H groups in total. The third kappa shape index (κ3) is 2.03. The Balaban J connectivity index is 1.92. The first-order valence-electron chi connectivity index (χ1n) is 6.04. The Bertz CT molecular complexity index is 681. The lowest BCUT2D eigenvalue weighted by molar-refractivity contribution is 0.0694. The van der Waals surface area contributed by atoms with Crippen LogP contribution in [0.3, 0.4) is 0 Å². The lowest BCUT2D eigenvalue weighted by Crippen LogP contribution is -2.21. The largest absolute Gasteiger partial charge is 0.477 e. The molecule has 0 radical (unpaired) electrons. The Hall–Kier alpha value is -2.43. The predicted molar refractivity (Wildman–Crippen MR) is 68.4 cm³/mol. The van der Waals surface area contributed by atoms with Crippen LogP contribution in [0.15, 0.2) is 35.3 Å². The van der Waals surface area contributed by atoms with E-state index >= 15 is 0 Å². The molecule has 5 nitrogen and oxygen atoms in total.